The summed E-state index contributed by atoms with van der Waals surface area (Å²) in [5.74, 6) is 0.746. The zero-order chi connectivity index (χ0) is 13.9. The third-order valence-electron chi connectivity index (χ3n) is 2.97. The first-order valence-electron chi connectivity index (χ1n) is 6.12. The van der Waals surface area contributed by atoms with Crippen LogP contribution in [-0.2, 0) is 6.54 Å². The number of benzene rings is 2. The molecule has 20 heavy (non-hydrogen) atoms. The molecule has 5 heteroatoms. The first kappa shape index (κ1) is 13.2. The van der Waals surface area contributed by atoms with Gasteiger partial charge in [-0.1, -0.05) is 54.1 Å². The van der Waals surface area contributed by atoms with E-state index < -0.39 is 0 Å². The molecular formula is C15H11Cl2N3. The number of hydrogen-bond donors (Lipinski definition) is 0. The lowest BCUT2D eigenvalue weighted by Gasteiger charge is -2.08. The van der Waals surface area contributed by atoms with Crippen LogP contribution >= 0.6 is 23.2 Å². The van der Waals surface area contributed by atoms with E-state index in [0.717, 1.165) is 17.0 Å². The summed E-state index contributed by atoms with van der Waals surface area (Å²) in [7, 11) is 0. The molecule has 0 aliphatic carbocycles. The molecule has 3 aromatic rings. The number of halogens is 2. The second kappa shape index (κ2) is 5.65. The standard InChI is InChI=1S/C15H11Cl2N3/c16-13-8-4-5-11(9-13)10-20-14(18-19-15(20)17)12-6-2-1-3-7-12/h1-9H,10H2. The summed E-state index contributed by atoms with van der Waals surface area (Å²) in [6.45, 7) is 0.580. The maximum absolute atomic E-state index is 6.14. The highest BCUT2D eigenvalue weighted by atomic mass is 35.5. The van der Waals surface area contributed by atoms with Gasteiger partial charge in [-0.05, 0) is 29.3 Å². The Balaban J connectivity index is 2.00. The Bertz CT molecular complexity index is 723. The van der Waals surface area contributed by atoms with E-state index in [9.17, 15) is 0 Å². The second-order valence-corrected chi connectivity index (χ2v) is 5.15. The molecule has 0 fully saturated rings. The molecule has 0 spiro atoms. The van der Waals surface area contributed by atoms with Gasteiger partial charge in [0.2, 0.25) is 5.28 Å². The van der Waals surface area contributed by atoms with Crippen LogP contribution in [0.15, 0.2) is 54.6 Å². The van der Waals surface area contributed by atoms with E-state index in [0.29, 0.717) is 16.9 Å². The fourth-order valence-electron chi connectivity index (χ4n) is 2.04. The number of aromatic nitrogens is 3. The lowest BCUT2D eigenvalue weighted by Crippen LogP contribution is -2.02. The van der Waals surface area contributed by atoms with Crippen LogP contribution in [0.5, 0.6) is 0 Å². The molecule has 1 heterocycles. The zero-order valence-corrected chi connectivity index (χ0v) is 12.0. The SMILES string of the molecule is Clc1cccc(Cn2c(Cl)nnc2-c2ccccc2)c1. The Hall–Kier alpha value is -1.84. The third-order valence-corrected chi connectivity index (χ3v) is 3.48. The van der Waals surface area contributed by atoms with Crippen molar-refractivity contribution in [3.05, 3.63) is 70.5 Å². The number of rotatable bonds is 3. The van der Waals surface area contributed by atoms with Crippen LogP contribution in [0.1, 0.15) is 5.56 Å². The maximum Gasteiger partial charge on any atom is 0.225 e. The Morgan fingerprint density at radius 3 is 2.45 bits per heavy atom. The Kier molecular flexibility index (Phi) is 3.72. The van der Waals surface area contributed by atoms with Crippen molar-refractivity contribution in [2.24, 2.45) is 0 Å². The zero-order valence-electron chi connectivity index (χ0n) is 10.5. The van der Waals surface area contributed by atoms with E-state index in [2.05, 4.69) is 10.2 Å². The van der Waals surface area contributed by atoms with Crippen molar-refractivity contribution in [2.45, 2.75) is 6.54 Å². The van der Waals surface area contributed by atoms with E-state index >= 15 is 0 Å². The molecule has 0 N–H and O–H groups in total. The van der Waals surface area contributed by atoms with Crippen molar-refractivity contribution in [1.29, 1.82) is 0 Å². The minimum absolute atomic E-state index is 0.365. The minimum atomic E-state index is 0.365. The van der Waals surface area contributed by atoms with Crippen molar-refractivity contribution < 1.29 is 0 Å². The molecule has 0 saturated carbocycles. The molecule has 0 atom stereocenters. The maximum atomic E-state index is 6.14. The lowest BCUT2D eigenvalue weighted by atomic mass is 10.2. The summed E-state index contributed by atoms with van der Waals surface area (Å²) in [6, 6.07) is 17.5. The number of nitrogens with zero attached hydrogens (tertiary/aromatic N) is 3. The second-order valence-electron chi connectivity index (χ2n) is 4.37. The van der Waals surface area contributed by atoms with Crippen LogP contribution in [0.3, 0.4) is 0 Å². The van der Waals surface area contributed by atoms with Crippen molar-refractivity contribution >= 4 is 23.2 Å². The fraction of sp³-hybridized carbons (Fsp3) is 0.0667. The largest absolute Gasteiger partial charge is 0.293 e. The van der Waals surface area contributed by atoms with E-state index in [-0.39, 0.29) is 0 Å². The molecule has 0 aliphatic rings. The van der Waals surface area contributed by atoms with Gasteiger partial charge >= 0.3 is 0 Å². The van der Waals surface area contributed by atoms with E-state index in [1.165, 1.54) is 0 Å². The quantitative estimate of drug-likeness (QED) is 0.722. The minimum Gasteiger partial charge on any atom is -0.293 e. The monoisotopic (exact) mass is 303 g/mol. The van der Waals surface area contributed by atoms with Gasteiger partial charge in [0, 0.05) is 10.6 Å². The summed E-state index contributed by atoms with van der Waals surface area (Å²) in [5.41, 5.74) is 2.03. The van der Waals surface area contributed by atoms with Crippen LogP contribution in [0.25, 0.3) is 11.4 Å². The first-order chi connectivity index (χ1) is 9.74. The Morgan fingerprint density at radius 1 is 0.900 bits per heavy atom. The van der Waals surface area contributed by atoms with Gasteiger partial charge in [-0.3, -0.25) is 4.57 Å². The average molecular weight is 304 g/mol. The highest BCUT2D eigenvalue weighted by molar-refractivity contribution is 6.30. The van der Waals surface area contributed by atoms with Crippen LogP contribution in [0.2, 0.25) is 10.3 Å². The van der Waals surface area contributed by atoms with Crippen LogP contribution in [0.4, 0.5) is 0 Å². The molecule has 3 nitrogen and oxygen atoms in total. The molecule has 3 rings (SSSR count). The normalized spacial score (nSPS) is 10.7. The molecule has 0 radical (unpaired) electrons. The number of hydrogen-bond acceptors (Lipinski definition) is 2. The van der Waals surface area contributed by atoms with Gasteiger partial charge in [0.1, 0.15) is 0 Å². The topological polar surface area (TPSA) is 30.7 Å². The first-order valence-corrected chi connectivity index (χ1v) is 6.88. The molecule has 1 aromatic heterocycles. The fourth-order valence-corrected chi connectivity index (χ4v) is 2.43. The molecule has 100 valence electrons. The predicted molar refractivity (Wildman–Crippen MR) is 81.0 cm³/mol. The van der Waals surface area contributed by atoms with E-state index in [1.807, 2.05) is 59.2 Å². The summed E-state index contributed by atoms with van der Waals surface area (Å²) in [6.07, 6.45) is 0. The average Bonchev–Trinajstić information content (AvgIpc) is 2.81. The van der Waals surface area contributed by atoms with E-state index in [4.69, 9.17) is 23.2 Å². The van der Waals surface area contributed by atoms with Crippen molar-refractivity contribution in [3.63, 3.8) is 0 Å². The van der Waals surface area contributed by atoms with Gasteiger partial charge in [-0.25, -0.2) is 0 Å². The Morgan fingerprint density at radius 2 is 1.70 bits per heavy atom. The van der Waals surface area contributed by atoms with Gasteiger partial charge in [0.15, 0.2) is 5.82 Å². The van der Waals surface area contributed by atoms with Gasteiger partial charge in [-0.15, -0.1) is 10.2 Å². The molecule has 0 saturated heterocycles. The molecule has 0 aliphatic heterocycles. The van der Waals surface area contributed by atoms with Gasteiger partial charge < -0.3 is 0 Å². The van der Waals surface area contributed by atoms with Gasteiger partial charge in [0.05, 0.1) is 6.54 Å². The molecular weight excluding hydrogens is 293 g/mol. The van der Waals surface area contributed by atoms with Crippen molar-refractivity contribution in [1.82, 2.24) is 14.8 Å². The highest BCUT2D eigenvalue weighted by Crippen LogP contribution is 2.22. The lowest BCUT2D eigenvalue weighted by molar-refractivity contribution is 0.804. The smallest absolute Gasteiger partial charge is 0.225 e. The van der Waals surface area contributed by atoms with E-state index in [1.54, 1.807) is 0 Å². The molecule has 2 aromatic carbocycles. The predicted octanol–water partition coefficient (Wildman–Crippen LogP) is 4.30. The molecule has 0 amide bonds. The Labute approximate surface area is 126 Å². The van der Waals surface area contributed by atoms with Crippen molar-refractivity contribution in [3.8, 4) is 11.4 Å². The van der Waals surface area contributed by atoms with Crippen LogP contribution in [0, 0.1) is 0 Å². The van der Waals surface area contributed by atoms with Gasteiger partial charge in [0.25, 0.3) is 0 Å². The summed E-state index contributed by atoms with van der Waals surface area (Å²) in [5, 5.41) is 9.18. The van der Waals surface area contributed by atoms with Crippen LogP contribution in [-0.4, -0.2) is 14.8 Å². The summed E-state index contributed by atoms with van der Waals surface area (Å²) in [4.78, 5) is 0. The summed E-state index contributed by atoms with van der Waals surface area (Å²) >= 11 is 12.1. The highest BCUT2D eigenvalue weighted by Gasteiger charge is 2.12. The third kappa shape index (κ3) is 2.69. The van der Waals surface area contributed by atoms with Crippen molar-refractivity contribution in [2.75, 3.05) is 0 Å². The molecule has 0 unspecified atom stereocenters. The summed E-state index contributed by atoms with van der Waals surface area (Å²) < 4.78 is 1.86. The van der Waals surface area contributed by atoms with Gasteiger partial charge in [-0.2, -0.15) is 0 Å². The molecule has 0 bridgehead atoms. The van der Waals surface area contributed by atoms with Crippen LogP contribution < -0.4 is 0 Å².